The van der Waals surface area contributed by atoms with Crippen LogP contribution in [0.4, 0.5) is 9.59 Å². The Morgan fingerprint density at radius 2 is 1.34 bits per heavy atom. The molecule has 4 heterocycles. The Labute approximate surface area is 325 Å². The minimum atomic E-state index is -0.894. The van der Waals surface area contributed by atoms with Gasteiger partial charge in [-0.2, -0.15) is 0 Å². The van der Waals surface area contributed by atoms with Gasteiger partial charge in [0, 0.05) is 26.1 Å². The van der Waals surface area contributed by atoms with Crippen LogP contribution in [0.3, 0.4) is 0 Å². The van der Waals surface area contributed by atoms with Crippen molar-refractivity contribution in [2.75, 3.05) is 27.3 Å². The van der Waals surface area contributed by atoms with Crippen molar-refractivity contribution in [1.29, 1.82) is 0 Å². The van der Waals surface area contributed by atoms with E-state index in [4.69, 9.17) is 24.9 Å². The number of imidazole rings is 2. The predicted octanol–water partition coefficient (Wildman–Crippen LogP) is 5.87. The van der Waals surface area contributed by atoms with Crippen LogP contribution in [0.15, 0.2) is 60.9 Å². The molecule has 7 rings (SSSR count). The van der Waals surface area contributed by atoms with E-state index in [1.165, 1.54) is 14.2 Å². The smallest absolute Gasteiger partial charge is 0.407 e. The molecule has 296 valence electrons. The van der Waals surface area contributed by atoms with Gasteiger partial charge in [-0.3, -0.25) is 9.59 Å². The second-order valence-electron chi connectivity index (χ2n) is 15.3. The minimum absolute atomic E-state index is 0.0791. The van der Waals surface area contributed by atoms with Crippen molar-refractivity contribution in [2.24, 2.45) is 11.7 Å². The maximum Gasteiger partial charge on any atom is 0.407 e. The molecule has 6 atom stereocenters. The highest BCUT2D eigenvalue weighted by molar-refractivity contribution is 5.87. The lowest BCUT2D eigenvalue weighted by Gasteiger charge is -2.30. The molecule has 2 unspecified atom stereocenters. The van der Waals surface area contributed by atoms with E-state index in [9.17, 15) is 19.2 Å². The first-order valence-corrected chi connectivity index (χ1v) is 19.2. The summed E-state index contributed by atoms with van der Waals surface area (Å²) in [6.45, 7) is 4.79. The maximum atomic E-state index is 13.6. The molecule has 1 aliphatic carbocycles. The second kappa shape index (κ2) is 16.2. The largest absolute Gasteiger partial charge is 0.453 e. The molecule has 4 aromatic rings. The van der Waals surface area contributed by atoms with Crippen LogP contribution >= 0.6 is 0 Å². The third-order valence-electron chi connectivity index (χ3n) is 11.6. The number of nitrogens with one attached hydrogen (secondary N) is 3. The first kappa shape index (κ1) is 38.6. The Hall–Kier alpha value is -5.70. The topological polar surface area (TPSA) is 198 Å². The Morgan fingerprint density at radius 3 is 1.86 bits per heavy atom. The molecule has 0 bridgehead atoms. The van der Waals surface area contributed by atoms with Gasteiger partial charge in [0.1, 0.15) is 23.3 Å². The van der Waals surface area contributed by atoms with Gasteiger partial charge in [-0.1, -0.05) is 48.5 Å². The van der Waals surface area contributed by atoms with Crippen LogP contribution in [0.25, 0.3) is 33.6 Å². The monoisotopic (exact) mass is 766 g/mol. The Morgan fingerprint density at radius 1 is 0.821 bits per heavy atom. The number of nitrogens with two attached hydrogens (primary N) is 1. The molecule has 2 aliphatic heterocycles. The first-order chi connectivity index (χ1) is 27.0. The van der Waals surface area contributed by atoms with E-state index in [0.29, 0.717) is 38.2 Å². The standard InChI is InChI=1S/C41H50N8O7/c1-24(54-3)34(47-40(53)55-4)38(51)49-20-6-8-33(49)36-44-23-31(46-36)28-15-11-26(12-16-28)25-9-13-27(14-10-25)30-22-43-35(45-30)32-7-5-19-48(32)37(50)29-17-18-41(2,21-29)56-39(42)52/h9-16,22-24,29,32-34H,5-8,17-21H2,1-4H3,(H2,42,52)(H,43,45)(H,44,46)(H,47,53)/t24?,29-,32-,33?,34-,41+/m0/s1. The summed E-state index contributed by atoms with van der Waals surface area (Å²) in [5, 5.41) is 2.62. The number of carbonyl (C=O) groups is 4. The summed E-state index contributed by atoms with van der Waals surface area (Å²) >= 11 is 0. The average molecular weight is 767 g/mol. The fourth-order valence-corrected chi connectivity index (χ4v) is 8.49. The lowest BCUT2D eigenvalue weighted by Crippen LogP contribution is -2.54. The quantitative estimate of drug-likeness (QED) is 0.144. The van der Waals surface area contributed by atoms with Crippen LogP contribution in [0, 0.1) is 5.92 Å². The van der Waals surface area contributed by atoms with Gasteiger partial charge in [-0.15, -0.1) is 0 Å². The van der Waals surface area contributed by atoms with Crippen molar-refractivity contribution in [1.82, 2.24) is 35.1 Å². The van der Waals surface area contributed by atoms with Gasteiger partial charge in [0.05, 0.1) is 49.1 Å². The first-order valence-electron chi connectivity index (χ1n) is 19.2. The number of primary amides is 1. The number of carbonyl (C=O) groups excluding carboxylic acids is 4. The number of likely N-dealkylation sites (tertiary alicyclic amines) is 2. The highest BCUT2D eigenvalue weighted by Crippen LogP contribution is 2.41. The van der Waals surface area contributed by atoms with Gasteiger partial charge in [0.2, 0.25) is 11.8 Å². The van der Waals surface area contributed by atoms with Gasteiger partial charge in [-0.05, 0) is 81.0 Å². The van der Waals surface area contributed by atoms with E-state index in [1.54, 1.807) is 18.0 Å². The number of hydrogen-bond acceptors (Lipinski definition) is 9. The Kier molecular flexibility index (Phi) is 11.1. The SMILES string of the molecule is COC(=O)N[C@H](C(=O)N1CCCC1c1ncc(-c2ccc(-c3ccc(-c4cnc([C@@H]5CCCN5C(=O)[C@H]5CC[C@@](C)(OC(N)=O)C5)[nH]4)cc3)cc2)[nH]1)C(C)OC. The summed E-state index contributed by atoms with van der Waals surface area (Å²) in [4.78, 5) is 70.5. The summed E-state index contributed by atoms with van der Waals surface area (Å²) in [5.41, 5.74) is 10.3. The number of nitrogens with zero attached hydrogens (tertiary/aromatic N) is 4. The number of alkyl carbamates (subject to hydrolysis) is 1. The van der Waals surface area contributed by atoms with Crippen molar-refractivity contribution < 1.29 is 33.4 Å². The van der Waals surface area contributed by atoms with E-state index < -0.39 is 29.9 Å². The Bertz CT molecular complexity index is 2050. The molecule has 15 heteroatoms. The number of H-pyrrole nitrogens is 2. The van der Waals surface area contributed by atoms with Gasteiger partial charge in [-0.25, -0.2) is 19.6 Å². The minimum Gasteiger partial charge on any atom is -0.453 e. The number of benzene rings is 2. The molecule has 5 N–H and O–H groups in total. The van der Waals surface area contributed by atoms with Crippen LogP contribution in [0.2, 0.25) is 0 Å². The molecule has 2 aromatic heterocycles. The van der Waals surface area contributed by atoms with Crippen molar-refractivity contribution >= 4 is 24.0 Å². The lowest BCUT2D eigenvalue weighted by atomic mass is 10.0. The zero-order valence-corrected chi connectivity index (χ0v) is 32.2. The van der Waals surface area contributed by atoms with E-state index in [-0.39, 0.29) is 29.8 Å². The molecular formula is C41H50N8O7. The Balaban J connectivity index is 0.985. The van der Waals surface area contributed by atoms with Crippen molar-refractivity contribution in [2.45, 2.75) is 88.6 Å². The third-order valence-corrected chi connectivity index (χ3v) is 11.6. The summed E-state index contributed by atoms with van der Waals surface area (Å²) in [7, 11) is 2.76. The van der Waals surface area contributed by atoms with Gasteiger partial charge in [0.15, 0.2) is 0 Å². The molecule has 3 fully saturated rings. The van der Waals surface area contributed by atoms with Crippen LogP contribution < -0.4 is 11.1 Å². The average Bonchev–Trinajstić information content (AvgIpc) is 4.06. The number of rotatable bonds is 11. The maximum absolute atomic E-state index is 13.6. The molecule has 15 nitrogen and oxygen atoms in total. The molecule has 4 amide bonds. The van der Waals surface area contributed by atoms with E-state index in [2.05, 4.69) is 56.7 Å². The second-order valence-corrected chi connectivity index (χ2v) is 15.3. The molecule has 3 aliphatic rings. The highest BCUT2D eigenvalue weighted by atomic mass is 16.6. The molecule has 0 radical (unpaired) electrons. The number of amides is 4. The molecule has 1 saturated carbocycles. The number of aromatic amines is 2. The van der Waals surface area contributed by atoms with Gasteiger partial charge < -0.3 is 45.0 Å². The normalized spacial score (nSPS) is 23.2. The van der Waals surface area contributed by atoms with Crippen LogP contribution in [-0.4, -0.2) is 98.8 Å². The van der Waals surface area contributed by atoms with Crippen LogP contribution in [-0.2, 0) is 23.8 Å². The molecule has 2 saturated heterocycles. The summed E-state index contributed by atoms with van der Waals surface area (Å²) in [6, 6.07) is 15.2. The zero-order chi connectivity index (χ0) is 39.6. The number of aromatic nitrogens is 4. The summed E-state index contributed by atoms with van der Waals surface area (Å²) < 4.78 is 15.5. The van der Waals surface area contributed by atoms with Gasteiger partial charge in [0.25, 0.3) is 0 Å². The fraction of sp³-hybridized carbons (Fsp3) is 0.463. The lowest BCUT2D eigenvalue weighted by molar-refractivity contribution is -0.138. The van der Waals surface area contributed by atoms with Crippen molar-refractivity contribution in [3.63, 3.8) is 0 Å². The van der Waals surface area contributed by atoms with Gasteiger partial charge >= 0.3 is 12.2 Å². The van der Waals surface area contributed by atoms with Crippen LogP contribution in [0.1, 0.15) is 82.5 Å². The van der Waals surface area contributed by atoms with E-state index in [0.717, 1.165) is 65.1 Å². The van der Waals surface area contributed by atoms with Crippen molar-refractivity contribution in [3.05, 3.63) is 72.6 Å². The summed E-state index contributed by atoms with van der Waals surface area (Å²) in [6.07, 6.45) is 6.59. The number of hydrogen-bond donors (Lipinski definition) is 4. The summed E-state index contributed by atoms with van der Waals surface area (Å²) in [5.74, 6) is 1.08. The molecule has 2 aromatic carbocycles. The highest BCUT2D eigenvalue weighted by Gasteiger charge is 2.45. The van der Waals surface area contributed by atoms with Crippen molar-refractivity contribution in [3.8, 4) is 33.6 Å². The number of ether oxygens (including phenoxy) is 3. The molecule has 56 heavy (non-hydrogen) atoms. The number of methoxy groups -OCH3 is 2. The fourth-order valence-electron chi connectivity index (χ4n) is 8.49. The zero-order valence-electron chi connectivity index (χ0n) is 32.2. The predicted molar refractivity (Wildman–Crippen MR) is 207 cm³/mol. The molecule has 0 spiro atoms. The van der Waals surface area contributed by atoms with E-state index >= 15 is 0 Å². The molecular weight excluding hydrogens is 716 g/mol. The van der Waals surface area contributed by atoms with Crippen LogP contribution in [0.5, 0.6) is 0 Å². The van der Waals surface area contributed by atoms with E-state index in [1.807, 2.05) is 30.2 Å². The third kappa shape index (κ3) is 7.99.